The Bertz CT molecular complexity index is 272. The maximum atomic E-state index is 11.3. The van der Waals surface area contributed by atoms with Gasteiger partial charge in [-0.1, -0.05) is 6.92 Å². The van der Waals surface area contributed by atoms with E-state index in [1.54, 1.807) is 0 Å². The molecule has 0 bridgehead atoms. The van der Waals surface area contributed by atoms with Crippen LogP contribution < -0.4 is 0 Å². The van der Waals surface area contributed by atoms with Gasteiger partial charge in [0.05, 0.1) is 6.10 Å². The van der Waals surface area contributed by atoms with Gasteiger partial charge in [0.15, 0.2) is 0 Å². The van der Waals surface area contributed by atoms with Crippen molar-refractivity contribution in [1.82, 2.24) is 4.90 Å². The van der Waals surface area contributed by atoms with Crippen molar-refractivity contribution in [2.24, 2.45) is 0 Å². The molecule has 0 unspecified atom stereocenters. The van der Waals surface area contributed by atoms with Crippen LogP contribution in [0.1, 0.15) is 58.8 Å². The van der Waals surface area contributed by atoms with Crippen molar-refractivity contribution in [3.05, 3.63) is 0 Å². The van der Waals surface area contributed by atoms with Gasteiger partial charge in [-0.3, -0.25) is 9.69 Å². The smallest absolute Gasteiger partial charge is 0.135 e. The average molecular weight is 253 g/mol. The van der Waals surface area contributed by atoms with Crippen LogP contribution in [0, 0.1) is 0 Å². The molecule has 0 spiro atoms. The van der Waals surface area contributed by atoms with Gasteiger partial charge < -0.3 is 4.74 Å². The summed E-state index contributed by atoms with van der Waals surface area (Å²) in [5, 5.41) is 0. The number of carbonyl (C=O) groups is 1. The van der Waals surface area contributed by atoms with E-state index in [1.807, 2.05) is 0 Å². The molecule has 2 rings (SSSR count). The first-order valence-electron chi connectivity index (χ1n) is 7.52. The Kier molecular flexibility index (Phi) is 4.79. The molecule has 0 aromatic heterocycles. The van der Waals surface area contributed by atoms with Crippen LogP contribution in [0.4, 0.5) is 0 Å². The summed E-state index contributed by atoms with van der Waals surface area (Å²) in [5.41, 5.74) is 0.312. The van der Waals surface area contributed by atoms with E-state index in [0.717, 1.165) is 39.0 Å². The van der Waals surface area contributed by atoms with Crippen LogP contribution in [0.2, 0.25) is 0 Å². The van der Waals surface area contributed by atoms with E-state index in [1.165, 1.54) is 25.7 Å². The van der Waals surface area contributed by atoms with Crippen molar-refractivity contribution < 1.29 is 9.53 Å². The molecule has 1 aliphatic carbocycles. The van der Waals surface area contributed by atoms with Gasteiger partial charge in [0.2, 0.25) is 0 Å². The third-order valence-corrected chi connectivity index (χ3v) is 4.65. The van der Waals surface area contributed by atoms with E-state index in [-0.39, 0.29) is 0 Å². The van der Waals surface area contributed by atoms with Gasteiger partial charge in [0.1, 0.15) is 5.78 Å². The van der Waals surface area contributed by atoms with Crippen molar-refractivity contribution in [1.29, 1.82) is 0 Å². The molecule has 2 fully saturated rings. The first-order valence-corrected chi connectivity index (χ1v) is 7.52. The van der Waals surface area contributed by atoms with Gasteiger partial charge >= 0.3 is 0 Å². The van der Waals surface area contributed by atoms with Gasteiger partial charge in [0, 0.05) is 38.1 Å². The molecule has 1 heterocycles. The molecular formula is C15H27NO2. The van der Waals surface area contributed by atoms with Gasteiger partial charge in [-0.2, -0.15) is 0 Å². The lowest BCUT2D eigenvalue weighted by Gasteiger charge is -2.47. The summed E-state index contributed by atoms with van der Waals surface area (Å²) in [4.78, 5) is 13.9. The summed E-state index contributed by atoms with van der Waals surface area (Å²) in [6, 6.07) is 0. The molecular weight excluding hydrogens is 226 g/mol. The molecule has 3 nitrogen and oxygen atoms in total. The number of rotatable bonds is 4. The lowest BCUT2D eigenvalue weighted by molar-refractivity contribution is -0.123. The van der Waals surface area contributed by atoms with E-state index in [9.17, 15) is 4.79 Å². The van der Waals surface area contributed by atoms with Crippen molar-refractivity contribution in [2.45, 2.75) is 70.4 Å². The first-order chi connectivity index (χ1) is 8.64. The number of carbonyl (C=O) groups excluding carboxylic acids is 1. The predicted molar refractivity (Wildman–Crippen MR) is 72.7 cm³/mol. The van der Waals surface area contributed by atoms with Crippen molar-refractivity contribution in [2.75, 3.05) is 19.7 Å². The summed E-state index contributed by atoms with van der Waals surface area (Å²) in [7, 11) is 0. The van der Waals surface area contributed by atoms with Crippen molar-refractivity contribution in [3.8, 4) is 0 Å². The zero-order chi connectivity index (χ0) is 13.0. The summed E-state index contributed by atoms with van der Waals surface area (Å²) in [6.07, 6.45) is 7.90. The van der Waals surface area contributed by atoms with Crippen molar-refractivity contribution in [3.63, 3.8) is 0 Å². The lowest BCUT2D eigenvalue weighted by Crippen LogP contribution is -2.52. The standard InChI is InChI=1S/C15H27NO2/c1-3-12-18-14-4-8-15(2,9-5-14)16-10-6-13(17)7-11-16/h14H,3-12H2,1-2H3/t14-,15-. The van der Waals surface area contributed by atoms with Crippen LogP contribution in [0.3, 0.4) is 0 Å². The van der Waals surface area contributed by atoms with E-state index in [0.29, 0.717) is 17.4 Å². The zero-order valence-corrected chi connectivity index (χ0v) is 11.9. The largest absolute Gasteiger partial charge is 0.378 e. The van der Waals surface area contributed by atoms with E-state index < -0.39 is 0 Å². The highest BCUT2D eigenvalue weighted by molar-refractivity contribution is 5.79. The molecule has 0 atom stereocenters. The van der Waals surface area contributed by atoms with Gasteiger partial charge in [-0.25, -0.2) is 0 Å². The Balaban J connectivity index is 1.81. The Morgan fingerprint density at radius 3 is 2.44 bits per heavy atom. The molecule has 1 saturated carbocycles. The lowest BCUT2D eigenvalue weighted by atomic mass is 9.79. The summed E-state index contributed by atoms with van der Waals surface area (Å²) < 4.78 is 5.86. The van der Waals surface area contributed by atoms with Gasteiger partial charge in [-0.05, 0) is 39.0 Å². The number of ketones is 1. The van der Waals surface area contributed by atoms with Gasteiger partial charge in [-0.15, -0.1) is 0 Å². The highest BCUT2D eigenvalue weighted by Crippen LogP contribution is 2.35. The molecule has 0 aromatic carbocycles. The summed E-state index contributed by atoms with van der Waals surface area (Å²) in [5.74, 6) is 0.440. The minimum Gasteiger partial charge on any atom is -0.378 e. The monoisotopic (exact) mass is 253 g/mol. The number of hydrogen-bond donors (Lipinski definition) is 0. The average Bonchev–Trinajstić information content (AvgIpc) is 2.39. The SMILES string of the molecule is CCCO[C@H]1CC[C@](C)(N2CCC(=O)CC2)CC1. The second-order valence-corrected chi connectivity index (χ2v) is 6.09. The fraction of sp³-hybridized carbons (Fsp3) is 0.933. The number of ether oxygens (including phenoxy) is 1. The maximum absolute atomic E-state index is 11.3. The maximum Gasteiger partial charge on any atom is 0.135 e. The molecule has 0 aromatic rings. The van der Waals surface area contributed by atoms with E-state index in [4.69, 9.17) is 4.74 Å². The minimum absolute atomic E-state index is 0.312. The molecule has 18 heavy (non-hydrogen) atoms. The second-order valence-electron chi connectivity index (χ2n) is 6.09. The summed E-state index contributed by atoms with van der Waals surface area (Å²) >= 11 is 0. The minimum atomic E-state index is 0.312. The molecule has 0 N–H and O–H groups in total. The number of likely N-dealkylation sites (tertiary alicyclic amines) is 1. The molecule has 0 radical (unpaired) electrons. The van der Waals surface area contributed by atoms with E-state index in [2.05, 4.69) is 18.7 Å². The Morgan fingerprint density at radius 2 is 1.89 bits per heavy atom. The zero-order valence-electron chi connectivity index (χ0n) is 11.9. The Morgan fingerprint density at radius 1 is 1.28 bits per heavy atom. The topological polar surface area (TPSA) is 29.5 Å². The molecule has 2 aliphatic rings. The van der Waals surface area contributed by atoms with Crippen molar-refractivity contribution >= 4 is 5.78 Å². The van der Waals surface area contributed by atoms with Crippen LogP contribution in [0.25, 0.3) is 0 Å². The fourth-order valence-electron chi connectivity index (χ4n) is 3.28. The molecule has 104 valence electrons. The van der Waals surface area contributed by atoms with Gasteiger partial charge in [0.25, 0.3) is 0 Å². The van der Waals surface area contributed by atoms with Crippen LogP contribution in [-0.4, -0.2) is 42.0 Å². The number of piperidine rings is 1. The number of nitrogens with zero attached hydrogens (tertiary/aromatic N) is 1. The highest BCUT2D eigenvalue weighted by Gasteiger charge is 2.37. The first kappa shape index (κ1) is 14.0. The van der Waals surface area contributed by atoms with Crippen LogP contribution in [0.5, 0.6) is 0 Å². The Labute approximate surface area is 111 Å². The summed E-state index contributed by atoms with van der Waals surface area (Å²) in [6.45, 7) is 7.38. The fourth-order valence-corrected chi connectivity index (χ4v) is 3.28. The van der Waals surface area contributed by atoms with Crippen LogP contribution in [0.15, 0.2) is 0 Å². The van der Waals surface area contributed by atoms with Crippen LogP contribution in [-0.2, 0) is 9.53 Å². The normalized spacial score (nSPS) is 34.8. The number of Topliss-reactive ketones (excluding diaryl/α,β-unsaturated/α-hetero) is 1. The Hall–Kier alpha value is -0.410. The predicted octanol–water partition coefficient (Wildman–Crippen LogP) is 2.78. The molecule has 0 amide bonds. The third kappa shape index (κ3) is 3.33. The molecule has 3 heteroatoms. The quantitative estimate of drug-likeness (QED) is 0.771. The molecule has 1 aliphatic heterocycles. The highest BCUT2D eigenvalue weighted by atomic mass is 16.5. The van der Waals surface area contributed by atoms with Crippen LogP contribution >= 0.6 is 0 Å². The van der Waals surface area contributed by atoms with E-state index >= 15 is 0 Å². The number of hydrogen-bond acceptors (Lipinski definition) is 3. The third-order valence-electron chi connectivity index (χ3n) is 4.65. The molecule has 1 saturated heterocycles. The second kappa shape index (κ2) is 6.16.